The van der Waals surface area contributed by atoms with Gasteiger partial charge in [0.1, 0.15) is 10.7 Å². The van der Waals surface area contributed by atoms with Gasteiger partial charge in [-0.05, 0) is 24.3 Å². The van der Waals surface area contributed by atoms with E-state index in [-0.39, 0.29) is 11.1 Å². The van der Waals surface area contributed by atoms with E-state index in [1.165, 1.54) is 12.3 Å². The Balaban J connectivity index is 1.97. The molecule has 0 saturated carbocycles. The summed E-state index contributed by atoms with van der Waals surface area (Å²) in [5, 5.41) is 2.92. The number of pyridine rings is 1. The highest BCUT2D eigenvalue weighted by Gasteiger charge is 2.11. The van der Waals surface area contributed by atoms with Gasteiger partial charge in [0.15, 0.2) is 5.58 Å². The van der Waals surface area contributed by atoms with Crippen LogP contribution in [0.2, 0.25) is 5.15 Å². The lowest BCUT2D eigenvalue weighted by Gasteiger charge is -2.05. The SMILES string of the molecule is O=C(Nc1cccc2oc(=O)[nH]c12)c1ccnc(Cl)c1. The monoisotopic (exact) mass is 289 g/mol. The number of nitrogens with one attached hydrogen (secondary N) is 2. The van der Waals surface area contributed by atoms with Crippen molar-refractivity contribution in [1.82, 2.24) is 9.97 Å². The summed E-state index contributed by atoms with van der Waals surface area (Å²) in [7, 11) is 0. The largest absolute Gasteiger partial charge is 0.417 e. The number of halogens is 1. The number of nitrogens with zero attached hydrogens (tertiary/aromatic N) is 1. The lowest BCUT2D eigenvalue weighted by Crippen LogP contribution is -2.12. The van der Waals surface area contributed by atoms with Crippen molar-refractivity contribution in [2.24, 2.45) is 0 Å². The van der Waals surface area contributed by atoms with Crippen LogP contribution >= 0.6 is 11.6 Å². The summed E-state index contributed by atoms with van der Waals surface area (Å²) >= 11 is 5.74. The molecule has 0 bridgehead atoms. The number of aromatic amines is 1. The molecule has 0 fully saturated rings. The molecule has 1 amide bonds. The molecule has 20 heavy (non-hydrogen) atoms. The van der Waals surface area contributed by atoms with Crippen LogP contribution in [-0.2, 0) is 0 Å². The Morgan fingerprint density at radius 3 is 3.00 bits per heavy atom. The molecular weight excluding hydrogens is 282 g/mol. The topological polar surface area (TPSA) is 88.0 Å². The fourth-order valence-electron chi connectivity index (χ4n) is 1.81. The zero-order chi connectivity index (χ0) is 14.1. The van der Waals surface area contributed by atoms with E-state index in [2.05, 4.69) is 15.3 Å². The van der Waals surface area contributed by atoms with Gasteiger partial charge in [0.05, 0.1) is 5.69 Å². The predicted octanol–water partition coefficient (Wildman–Crippen LogP) is 2.42. The van der Waals surface area contributed by atoms with Gasteiger partial charge in [-0.25, -0.2) is 9.78 Å². The molecule has 3 aromatic rings. The molecule has 3 rings (SSSR count). The number of H-pyrrole nitrogens is 1. The van der Waals surface area contributed by atoms with Gasteiger partial charge in [0.2, 0.25) is 0 Å². The summed E-state index contributed by atoms with van der Waals surface area (Å²) < 4.78 is 4.92. The van der Waals surface area contributed by atoms with Crippen LogP contribution in [0, 0.1) is 0 Å². The first-order valence-corrected chi connectivity index (χ1v) is 6.06. The molecule has 0 radical (unpaired) electrons. The Morgan fingerprint density at radius 2 is 2.20 bits per heavy atom. The molecule has 0 aliphatic rings. The summed E-state index contributed by atoms with van der Waals surface area (Å²) in [6, 6.07) is 7.96. The number of hydrogen-bond acceptors (Lipinski definition) is 4. The van der Waals surface area contributed by atoms with Crippen LogP contribution in [-0.4, -0.2) is 15.9 Å². The molecule has 0 aliphatic heterocycles. The summed E-state index contributed by atoms with van der Waals surface area (Å²) in [5.41, 5.74) is 1.63. The third-order valence-corrected chi connectivity index (χ3v) is 2.90. The lowest BCUT2D eigenvalue weighted by atomic mass is 10.2. The molecule has 7 heteroatoms. The molecule has 100 valence electrons. The van der Waals surface area contributed by atoms with E-state index in [1.807, 2.05) is 0 Å². The fraction of sp³-hybridized carbons (Fsp3) is 0. The number of carbonyl (C=O) groups is 1. The van der Waals surface area contributed by atoms with Crippen molar-refractivity contribution in [1.29, 1.82) is 0 Å². The second-order valence-corrected chi connectivity index (χ2v) is 4.40. The number of rotatable bonds is 2. The van der Waals surface area contributed by atoms with Gasteiger partial charge in [-0.15, -0.1) is 0 Å². The quantitative estimate of drug-likeness (QED) is 0.709. The molecular formula is C13H8ClN3O3. The van der Waals surface area contributed by atoms with E-state index >= 15 is 0 Å². The van der Waals surface area contributed by atoms with Crippen LogP contribution < -0.4 is 11.1 Å². The van der Waals surface area contributed by atoms with E-state index in [0.29, 0.717) is 22.4 Å². The van der Waals surface area contributed by atoms with Crippen LogP contribution in [0.25, 0.3) is 11.1 Å². The average molecular weight is 290 g/mol. The Bertz CT molecular complexity index is 853. The molecule has 0 atom stereocenters. The van der Waals surface area contributed by atoms with Crippen molar-refractivity contribution in [3.8, 4) is 0 Å². The van der Waals surface area contributed by atoms with Crippen molar-refractivity contribution in [2.45, 2.75) is 0 Å². The zero-order valence-electron chi connectivity index (χ0n) is 10.0. The van der Waals surface area contributed by atoms with Gasteiger partial charge in [-0.2, -0.15) is 0 Å². The fourth-order valence-corrected chi connectivity index (χ4v) is 1.99. The molecule has 2 heterocycles. The first-order valence-electron chi connectivity index (χ1n) is 5.68. The molecule has 0 spiro atoms. The second kappa shape index (κ2) is 4.82. The average Bonchev–Trinajstić information content (AvgIpc) is 2.80. The maximum absolute atomic E-state index is 12.1. The summed E-state index contributed by atoms with van der Waals surface area (Å²) in [5.74, 6) is -0.933. The van der Waals surface area contributed by atoms with Gasteiger partial charge in [-0.1, -0.05) is 17.7 Å². The molecule has 2 aromatic heterocycles. The summed E-state index contributed by atoms with van der Waals surface area (Å²) in [6.07, 6.45) is 1.44. The van der Waals surface area contributed by atoms with Gasteiger partial charge in [-0.3, -0.25) is 9.78 Å². The van der Waals surface area contributed by atoms with Crippen LogP contribution in [0.5, 0.6) is 0 Å². The van der Waals surface area contributed by atoms with Crippen molar-refractivity contribution < 1.29 is 9.21 Å². The molecule has 0 unspecified atom stereocenters. The van der Waals surface area contributed by atoms with E-state index in [9.17, 15) is 9.59 Å². The normalized spacial score (nSPS) is 10.7. The third kappa shape index (κ3) is 2.28. The molecule has 1 aromatic carbocycles. The predicted molar refractivity (Wildman–Crippen MR) is 74.0 cm³/mol. The van der Waals surface area contributed by atoms with E-state index in [4.69, 9.17) is 16.0 Å². The number of carbonyl (C=O) groups excluding carboxylic acids is 1. The molecule has 0 saturated heterocycles. The number of fused-ring (bicyclic) bond motifs is 1. The summed E-state index contributed by atoms with van der Waals surface area (Å²) in [6.45, 7) is 0. The van der Waals surface area contributed by atoms with Crippen LogP contribution in [0.15, 0.2) is 45.7 Å². The number of para-hydroxylation sites is 1. The standard InChI is InChI=1S/C13H8ClN3O3/c14-10-6-7(4-5-15-10)12(18)16-8-2-1-3-9-11(8)17-13(19)20-9/h1-6H,(H,16,18)(H,17,19). The first kappa shape index (κ1) is 12.4. The number of benzene rings is 1. The van der Waals surface area contributed by atoms with Gasteiger partial charge in [0.25, 0.3) is 5.91 Å². The summed E-state index contributed by atoms with van der Waals surface area (Å²) in [4.78, 5) is 29.6. The van der Waals surface area contributed by atoms with Gasteiger partial charge < -0.3 is 9.73 Å². The number of aromatic nitrogens is 2. The van der Waals surface area contributed by atoms with E-state index in [0.717, 1.165) is 0 Å². The van der Waals surface area contributed by atoms with E-state index in [1.54, 1.807) is 24.3 Å². The number of anilines is 1. The Kier molecular flexibility index (Phi) is 3.00. The Morgan fingerprint density at radius 1 is 1.35 bits per heavy atom. The van der Waals surface area contributed by atoms with Crippen LogP contribution in [0.3, 0.4) is 0 Å². The zero-order valence-corrected chi connectivity index (χ0v) is 10.8. The smallest absolute Gasteiger partial charge is 0.408 e. The van der Waals surface area contributed by atoms with Crippen molar-refractivity contribution >= 4 is 34.3 Å². The maximum Gasteiger partial charge on any atom is 0.417 e. The highest BCUT2D eigenvalue weighted by Crippen LogP contribution is 2.20. The molecule has 0 aliphatic carbocycles. The van der Waals surface area contributed by atoms with Crippen molar-refractivity contribution in [3.05, 3.63) is 57.8 Å². The van der Waals surface area contributed by atoms with Crippen LogP contribution in [0.4, 0.5) is 5.69 Å². The second-order valence-electron chi connectivity index (χ2n) is 4.01. The Hall–Kier alpha value is -2.60. The lowest BCUT2D eigenvalue weighted by molar-refractivity contribution is 0.102. The van der Waals surface area contributed by atoms with E-state index < -0.39 is 5.76 Å². The van der Waals surface area contributed by atoms with Crippen LogP contribution in [0.1, 0.15) is 10.4 Å². The minimum absolute atomic E-state index is 0.229. The third-order valence-electron chi connectivity index (χ3n) is 2.69. The molecule has 6 nitrogen and oxygen atoms in total. The minimum Gasteiger partial charge on any atom is -0.408 e. The number of amides is 1. The highest BCUT2D eigenvalue weighted by atomic mass is 35.5. The van der Waals surface area contributed by atoms with Gasteiger partial charge in [0, 0.05) is 11.8 Å². The molecule has 2 N–H and O–H groups in total. The maximum atomic E-state index is 12.1. The van der Waals surface area contributed by atoms with Crippen molar-refractivity contribution in [2.75, 3.05) is 5.32 Å². The Labute approximate surface area is 117 Å². The first-order chi connectivity index (χ1) is 9.63. The van der Waals surface area contributed by atoms with Crippen molar-refractivity contribution in [3.63, 3.8) is 0 Å². The number of oxazole rings is 1. The highest BCUT2D eigenvalue weighted by molar-refractivity contribution is 6.29. The number of hydrogen-bond donors (Lipinski definition) is 2. The van der Waals surface area contributed by atoms with Gasteiger partial charge >= 0.3 is 5.76 Å². The minimum atomic E-state index is -0.575.